The number of fused-ring (bicyclic) bond motifs is 1. The van der Waals surface area contributed by atoms with Crippen LogP contribution < -0.4 is 4.74 Å². The molecule has 3 heteroatoms. The van der Waals surface area contributed by atoms with Gasteiger partial charge in [-0.05, 0) is 32.0 Å². The molecule has 0 spiro atoms. The van der Waals surface area contributed by atoms with Crippen LogP contribution >= 0.6 is 0 Å². The van der Waals surface area contributed by atoms with Crippen molar-refractivity contribution in [3.63, 3.8) is 0 Å². The van der Waals surface area contributed by atoms with E-state index in [1.165, 1.54) is 0 Å². The molecule has 0 N–H and O–H groups in total. The first-order valence-electron chi connectivity index (χ1n) is 6.23. The molecule has 0 aliphatic rings. The Hall–Kier alpha value is -2.05. The summed E-state index contributed by atoms with van der Waals surface area (Å²) in [6.07, 6.45) is 3.76. The minimum Gasteiger partial charge on any atom is -0.491 e. The van der Waals surface area contributed by atoms with Gasteiger partial charge in [-0.1, -0.05) is 11.8 Å². The second kappa shape index (κ2) is 6.21. The Labute approximate surface area is 113 Å². The smallest absolute Gasteiger partial charge is 0.120 e. The molecule has 0 amide bonds. The molecule has 0 radical (unpaired) electrons. The lowest BCUT2D eigenvalue weighted by Crippen LogP contribution is -2.05. The summed E-state index contributed by atoms with van der Waals surface area (Å²) in [7, 11) is 1.63. The van der Waals surface area contributed by atoms with Crippen LogP contribution in [0, 0.1) is 11.8 Å². The quantitative estimate of drug-likeness (QED) is 0.790. The van der Waals surface area contributed by atoms with Crippen LogP contribution in [0.1, 0.15) is 19.4 Å². The molecule has 3 nitrogen and oxygen atoms in total. The second-order valence-corrected chi connectivity index (χ2v) is 4.47. The second-order valence-electron chi connectivity index (χ2n) is 4.47. The van der Waals surface area contributed by atoms with E-state index in [0.29, 0.717) is 6.61 Å². The SMILES string of the molecule is COCC#Cc1cncc2cc(OC(C)C)ccc12. The normalized spacial score (nSPS) is 10.3. The molecule has 1 aromatic heterocycles. The summed E-state index contributed by atoms with van der Waals surface area (Å²) in [6.45, 7) is 4.44. The zero-order chi connectivity index (χ0) is 13.7. The van der Waals surface area contributed by atoms with Gasteiger partial charge in [0.1, 0.15) is 12.4 Å². The van der Waals surface area contributed by atoms with Gasteiger partial charge in [0.2, 0.25) is 0 Å². The number of aromatic nitrogens is 1. The van der Waals surface area contributed by atoms with Crippen molar-refractivity contribution in [2.24, 2.45) is 0 Å². The first-order chi connectivity index (χ1) is 9.20. The van der Waals surface area contributed by atoms with Crippen molar-refractivity contribution >= 4 is 10.8 Å². The molecule has 0 aliphatic carbocycles. The third-order valence-corrected chi connectivity index (χ3v) is 2.54. The van der Waals surface area contributed by atoms with Gasteiger partial charge < -0.3 is 9.47 Å². The minimum atomic E-state index is 0.162. The molecular weight excluding hydrogens is 238 g/mol. The van der Waals surface area contributed by atoms with E-state index in [1.54, 1.807) is 13.3 Å². The monoisotopic (exact) mass is 255 g/mol. The molecule has 19 heavy (non-hydrogen) atoms. The fraction of sp³-hybridized carbons (Fsp3) is 0.312. The van der Waals surface area contributed by atoms with Gasteiger partial charge in [-0.3, -0.25) is 4.98 Å². The molecule has 2 aromatic rings. The topological polar surface area (TPSA) is 31.4 Å². The Bertz CT molecular complexity index is 623. The number of benzene rings is 1. The van der Waals surface area contributed by atoms with Crippen LogP contribution in [-0.2, 0) is 4.74 Å². The van der Waals surface area contributed by atoms with E-state index >= 15 is 0 Å². The maximum absolute atomic E-state index is 5.68. The lowest BCUT2D eigenvalue weighted by molar-refractivity contribution is 0.240. The van der Waals surface area contributed by atoms with Crippen molar-refractivity contribution in [3.8, 4) is 17.6 Å². The summed E-state index contributed by atoms with van der Waals surface area (Å²) in [6, 6.07) is 5.97. The summed E-state index contributed by atoms with van der Waals surface area (Å²) in [4.78, 5) is 4.21. The molecule has 2 rings (SSSR count). The third-order valence-electron chi connectivity index (χ3n) is 2.54. The van der Waals surface area contributed by atoms with E-state index < -0.39 is 0 Å². The average molecular weight is 255 g/mol. The van der Waals surface area contributed by atoms with Gasteiger partial charge in [0, 0.05) is 30.3 Å². The molecule has 98 valence electrons. The van der Waals surface area contributed by atoms with E-state index in [0.717, 1.165) is 22.1 Å². The van der Waals surface area contributed by atoms with Crippen LogP contribution in [0.4, 0.5) is 0 Å². The predicted molar refractivity (Wildman–Crippen MR) is 76.3 cm³/mol. The van der Waals surface area contributed by atoms with Crippen molar-refractivity contribution in [1.82, 2.24) is 4.98 Å². The van der Waals surface area contributed by atoms with E-state index in [-0.39, 0.29) is 6.10 Å². The summed E-state index contributed by atoms with van der Waals surface area (Å²) >= 11 is 0. The van der Waals surface area contributed by atoms with Crippen LogP contribution in [0.3, 0.4) is 0 Å². The number of nitrogens with zero attached hydrogens (tertiary/aromatic N) is 1. The standard InChI is InChI=1S/C16H17NO2/c1-12(2)19-15-6-7-16-13(5-4-8-18-3)10-17-11-14(16)9-15/h6-7,9-12H,8H2,1-3H3. The zero-order valence-corrected chi connectivity index (χ0v) is 11.4. The number of pyridine rings is 1. The van der Waals surface area contributed by atoms with E-state index in [1.807, 2.05) is 38.2 Å². The van der Waals surface area contributed by atoms with Crippen molar-refractivity contribution in [2.75, 3.05) is 13.7 Å². The van der Waals surface area contributed by atoms with Gasteiger partial charge in [0.25, 0.3) is 0 Å². The summed E-state index contributed by atoms with van der Waals surface area (Å²) in [5, 5.41) is 2.11. The van der Waals surface area contributed by atoms with Crippen molar-refractivity contribution in [1.29, 1.82) is 0 Å². The maximum atomic E-state index is 5.68. The molecule has 1 aromatic carbocycles. The first kappa shape index (κ1) is 13.4. The summed E-state index contributed by atoms with van der Waals surface area (Å²) < 4.78 is 10.6. The number of hydrogen-bond acceptors (Lipinski definition) is 3. The Morgan fingerprint density at radius 3 is 2.84 bits per heavy atom. The lowest BCUT2D eigenvalue weighted by Gasteiger charge is -2.10. The van der Waals surface area contributed by atoms with Crippen molar-refractivity contribution in [2.45, 2.75) is 20.0 Å². The van der Waals surface area contributed by atoms with E-state index in [2.05, 4.69) is 16.8 Å². The highest BCUT2D eigenvalue weighted by Gasteiger charge is 2.03. The van der Waals surface area contributed by atoms with Gasteiger partial charge in [-0.15, -0.1) is 0 Å². The molecule has 1 heterocycles. The number of rotatable bonds is 3. The fourth-order valence-corrected chi connectivity index (χ4v) is 1.80. The molecule has 0 bridgehead atoms. The Balaban J connectivity index is 2.39. The molecule has 0 atom stereocenters. The van der Waals surface area contributed by atoms with Crippen molar-refractivity contribution < 1.29 is 9.47 Å². The Morgan fingerprint density at radius 2 is 2.11 bits per heavy atom. The minimum absolute atomic E-state index is 0.162. The van der Waals surface area contributed by atoms with E-state index in [4.69, 9.17) is 9.47 Å². The lowest BCUT2D eigenvalue weighted by atomic mass is 10.1. The highest BCUT2D eigenvalue weighted by Crippen LogP contribution is 2.23. The molecule has 0 aliphatic heterocycles. The van der Waals surface area contributed by atoms with Crippen LogP contribution in [0.5, 0.6) is 5.75 Å². The van der Waals surface area contributed by atoms with Crippen LogP contribution in [0.2, 0.25) is 0 Å². The number of hydrogen-bond donors (Lipinski definition) is 0. The molecule has 0 saturated carbocycles. The summed E-state index contributed by atoms with van der Waals surface area (Å²) in [5.41, 5.74) is 0.908. The maximum Gasteiger partial charge on any atom is 0.120 e. The first-order valence-corrected chi connectivity index (χ1v) is 6.23. The highest BCUT2D eigenvalue weighted by molar-refractivity contribution is 5.88. The molecular formula is C16H17NO2. The average Bonchev–Trinajstić information content (AvgIpc) is 2.38. The van der Waals surface area contributed by atoms with Gasteiger partial charge in [0.15, 0.2) is 0 Å². The molecule has 0 unspecified atom stereocenters. The molecule has 0 fully saturated rings. The van der Waals surface area contributed by atoms with Crippen LogP contribution in [0.15, 0.2) is 30.6 Å². The van der Waals surface area contributed by atoms with Crippen LogP contribution in [-0.4, -0.2) is 24.8 Å². The largest absolute Gasteiger partial charge is 0.491 e. The van der Waals surface area contributed by atoms with Gasteiger partial charge in [-0.25, -0.2) is 0 Å². The van der Waals surface area contributed by atoms with E-state index in [9.17, 15) is 0 Å². The molecule has 0 saturated heterocycles. The highest BCUT2D eigenvalue weighted by atomic mass is 16.5. The Morgan fingerprint density at radius 1 is 1.26 bits per heavy atom. The predicted octanol–water partition coefficient (Wildman–Crippen LogP) is 3.02. The van der Waals surface area contributed by atoms with Gasteiger partial charge >= 0.3 is 0 Å². The number of ether oxygens (including phenoxy) is 2. The zero-order valence-electron chi connectivity index (χ0n) is 11.4. The van der Waals surface area contributed by atoms with Crippen LogP contribution in [0.25, 0.3) is 10.8 Å². The number of methoxy groups -OCH3 is 1. The Kier molecular flexibility index (Phi) is 4.38. The van der Waals surface area contributed by atoms with Crippen molar-refractivity contribution in [3.05, 3.63) is 36.2 Å². The third kappa shape index (κ3) is 3.46. The van der Waals surface area contributed by atoms with Gasteiger partial charge in [-0.2, -0.15) is 0 Å². The van der Waals surface area contributed by atoms with Gasteiger partial charge in [0.05, 0.1) is 11.7 Å². The summed E-state index contributed by atoms with van der Waals surface area (Å²) in [5.74, 6) is 6.87. The fourth-order valence-electron chi connectivity index (χ4n) is 1.80.